The van der Waals surface area contributed by atoms with Gasteiger partial charge in [-0.1, -0.05) is 18.2 Å². The van der Waals surface area contributed by atoms with Crippen molar-refractivity contribution >= 4 is 46.6 Å². The SMILES string of the molecule is Cc1ccc(C2=CCC(CCC(=O)N[C@@H](CCC(=O)O)C(=O)N[C@@H](CCC(=O)O)C(N)=O)C=C2)s1. The molecule has 0 bridgehead atoms. The highest BCUT2D eigenvalue weighted by Gasteiger charge is 2.27. The van der Waals surface area contributed by atoms with Gasteiger partial charge in [-0.15, -0.1) is 11.3 Å². The van der Waals surface area contributed by atoms with Gasteiger partial charge < -0.3 is 26.6 Å². The molecule has 35 heavy (non-hydrogen) atoms. The molecule has 0 radical (unpaired) electrons. The number of aryl methyl sites for hydroxylation is 1. The van der Waals surface area contributed by atoms with Crippen molar-refractivity contribution in [3.05, 3.63) is 40.1 Å². The first-order valence-corrected chi connectivity index (χ1v) is 12.1. The number of thiophene rings is 1. The number of hydrogen-bond donors (Lipinski definition) is 5. The highest BCUT2D eigenvalue weighted by Crippen LogP contribution is 2.30. The molecule has 3 amide bonds. The molecule has 1 aromatic rings. The van der Waals surface area contributed by atoms with Crippen LogP contribution in [0.1, 0.15) is 54.7 Å². The highest BCUT2D eigenvalue weighted by molar-refractivity contribution is 7.13. The largest absolute Gasteiger partial charge is 0.481 e. The number of nitrogens with one attached hydrogen (secondary N) is 2. The van der Waals surface area contributed by atoms with Crippen LogP contribution in [0.25, 0.3) is 5.57 Å². The maximum Gasteiger partial charge on any atom is 0.303 e. The van der Waals surface area contributed by atoms with Crippen LogP contribution in [0.2, 0.25) is 0 Å². The van der Waals surface area contributed by atoms with Gasteiger partial charge >= 0.3 is 11.9 Å². The molecule has 0 saturated carbocycles. The standard InChI is InChI=1S/C24H31N3O7S/c1-14-2-10-19(35-14)16-6-3-15(4-7-16)5-11-20(28)26-18(9-13-22(31)32)24(34)27-17(23(25)33)8-12-21(29)30/h2-3,6-7,10,15,17-18H,4-5,8-9,11-13H2,1H3,(H2,25,33)(H,26,28)(H,27,34)(H,29,30)(H,31,32)/t15?,17-,18-/m0/s1. The molecule has 0 fully saturated rings. The Hall–Kier alpha value is -3.47. The lowest BCUT2D eigenvalue weighted by molar-refractivity contribution is -0.139. The molecule has 190 valence electrons. The Bertz CT molecular complexity index is 1010. The Kier molecular flexibility index (Phi) is 10.7. The van der Waals surface area contributed by atoms with E-state index in [1.807, 2.05) is 6.08 Å². The molecule has 1 aliphatic rings. The van der Waals surface area contributed by atoms with Crippen molar-refractivity contribution in [3.63, 3.8) is 0 Å². The van der Waals surface area contributed by atoms with Gasteiger partial charge in [0.1, 0.15) is 12.1 Å². The maximum atomic E-state index is 12.6. The number of carbonyl (C=O) groups excluding carboxylic acids is 3. The Morgan fingerprint density at radius 3 is 2.20 bits per heavy atom. The molecule has 1 unspecified atom stereocenters. The lowest BCUT2D eigenvalue weighted by Crippen LogP contribution is -2.53. The molecule has 0 aliphatic heterocycles. The summed E-state index contributed by atoms with van der Waals surface area (Å²) in [7, 11) is 0. The van der Waals surface area contributed by atoms with Crippen LogP contribution in [0.3, 0.4) is 0 Å². The number of primary amides is 1. The second kappa shape index (κ2) is 13.4. The summed E-state index contributed by atoms with van der Waals surface area (Å²) in [6.45, 7) is 2.05. The molecule has 11 heteroatoms. The number of allylic oxidation sites excluding steroid dienone is 4. The van der Waals surface area contributed by atoms with Crippen molar-refractivity contribution < 1.29 is 34.2 Å². The lowest BCUT2D eigenvalue weighted by Gasteiger charge is -2.22. The van der Waals surface area contributed by atoms with Crippen LogP contribution in [0.5, 0.6) is 0 Å². The van der Waals surface area contributed by atoms with E-state index >= 15 is 0 Å². The fourth-order valence-electron chi connectivity index (χ4n) is 3.60. The second-order valence-electron chi connectivity index (χ2n) is 8.41. The number of aliphatic carboxylic acids is 2. The highest BCUT2D eigenvalue weighted by atomic mass is 32.1. The summed E-state index contributed by atoms with van der Waals surface area (Å²) >= 11 is 1.72. The van der Waals surface area contributed by atoms with Gasteiger partial charge in [0, 0.05) is 29.0 Å². The van der Waals surface area contributed by atoms with E-state index in [1.54, 1.807) is 11.3 Å². The first-order valence-electron chi connectivity index (χ1n) is 11.3. The lowest BCUT2D eigenvalue weighted by atomic mass is 9.92. The average Bonchev–Trinajstić information content (AvgIpc) is 3.23. The topological polar surface area (TPSA) is 176 Å². The fourth-order valence-corrected chi connectivity index (χ4v) is 4.48. The fraction of sp³-hybridized carbons (Fsp3) is 0.458. The van der Waals surface area contributed by atoms with Gasteiger partial charge in [-0.05, 0) is 56.2 Å². The number of hydrogen-bond acceptors (Lipinski definition) is 6. The number of carbonyl (C=O) groups is 5. The van der Waals surface area contributed by atoms with Crippen molar-refractivity contribution in [2.75, 3.05) is 0 Å². The van der Waals surface area contributed by atoms with Crippen LogP contribution in [0.15, 0.2) is 30.4 Å². The molecule has 3 atom stereocenters. The van der Waals surface area contributed by atoms with Gasteiger partial charge in [0.2, 0.25) is 17.7 Å². The third-order valence-corrected chi connectivity index (χ3v) is 6.61. The summed E-state index contributed by atoms with van der Waals surface area (Å²) < 4.78 is 0. The summed E-state index contributed by atoms with van der Waals surface area (Å²) in [5.74, 6) is -4.28. The molecule has 2 rings (SSSR count). The van der Waals surface area contributed by atoms with E-state index in [4.69, 9.17) is 15.9 Å². The normalized spacial score (nSPS) is 16.6. The molecule has 1 aliphatic carbocycles. The molecule has 0 aromatic carbocycles. The maximum absolute atomic E-state index is 12.6. The van der Waals surface area contributed by atoms with Gasteiger partial charge in [0.05, 0.1) is 0 Å². The van der Waals surface area contributed by atoms with E-state index in [0.29, 0.717) is 6.42 Å². The van der Waals surface area contributed by atoms with Crippen molar-refractivity contribution in [3.8, 4) is 0 Å². The summed E-state index contributed by atoms with van der Waals surface area (Å²) in [6.07, 6.45) is 6.52. The van der Waals surface area contributed by atoms with Crippen LogP contribution in [-0.2, 0) is 24.0 Å². The minimum absolute atomic E-state index is 0.130. The Balaban J connectivity index is 1.90. The third kappa shape index (κ3) is 9.73. The van der Waals surface area contributed by atoms with E-state index in [2.05, 4.69) is 41.8 Å². The second-order valence-corrected chi connectivity index (χ2v) is 9.70. The van der Waals surface area contributed by atoms with Gasteiger partial charge in [-0.25, -0.2) is 0 Å². The van der Waals surface area contributed by atoms with Gasteiger partial charge in [-0.3, -0.25) is 24.0 Å². The zero-order valence-electron chi connectivity index (χ0n) is 19.5. The Morgan fingerprint density at radius 1 is 1.03 bits per heavy atom. The zero-order valence-corrected chi connectivity index (χ0v) is 20.3. The van der Waals surface area contributed by atoms with Crippen molar-refractivity contribution in [1.82, 2.24) is 10.6 Å². The van der Waals surface area contributed by atoms with Crippen molar-refractivity contribution in [2.24, 2.45) is 11.7 Å². The molecule has 0 spiro atoms. The molecule has 6 N–H and O–H groups in total. The Morgan fingerprint density at radius 2 is 1.69 bits per heavy atom. The zero-order chi connectivity index (χ0) is 26.0. The van der Waals surface area contributed by atoms with Crippen LogP contribution in [-0.4, -0.2) is 52.0 Å². The van der Waals surface area contributed by atoms with Crippen LogP contribution in [0.4, 0.5) is 0 Å². The first-order chi connectivity index (χ1) is 16.5. The van der Waals surface area contributed by atoms with E-state index in [0.717, 1.165) is 12.0 Å². The minimum Gasteiger partial charge on any atom is -0.481 e. The summed E-state index contributed by atoms with van der Waals surface area (Å²) in [5, 5.41) is 22.6. The quantitative estimate of drug-likeness (QED) is 0.257. The minimum atomic E-state index is -1.25. The number of amides is 3. The monoisotopic (exact) mass is 505 g/mol. The predicted octanol–water partition coefficient (Wildman–Crippen LogP) is 1.98. The number of carboxylic acid groups (broad SMARTS) is 2. The molecule has 1 aromatic heterocycles. The van der Waals surface area contributed by atoms with Gasteiger partial charge in [-0.2, -0.15) is 0 Å². The summed E-state index contributed by atoms with van der Waals surface area (Å²) in [6, 6.07) is 1.71. The average molecular weight is 506 g/mol. The van der Waals surface area contributed by atoms with E-state index < -0.39 is 48.2 Å². The molecule has 0 saturated heterocycles. The predicted molar refractivity (Wildman–Crippen MR) is 130 cm³/mol. The number of nitrogens with two attached hydrogens (primary N) is 1. The van der Waals surface area contributed by atoms with E-state index in [1.165, 1.54) is 9.75 Å². The smallest absolute Gasteiger partial charge is 0.303 e. The molecular formula is C24H31N3O7S. The molecule has 10 nitrogen and oxygen atoms in total. The first kappa shape index (κ1) is 27.8. The van der Waals surface area contributed by atoms with E-state index in [9.17, 15) is 24.0 Å². The summed E-state index contributed by atoms with van der Waals surface area (Å²) in [5.41, 5.74) is 6.39. The number of rotatable bonds is 14. The molecule has 1 heterocycles. The van der Waals surface area contributed by atoms with Gasteiger partial charge in [0.15, 0.2) is 0 Å². The van der Waals surface area contributed by atoms with Gasteiger partial charge in [0.25, 0.3) is 0 Å². The van der Waals surface area contributed by atoms with Crippen LogP contribution in [0, 0.1) is 12.8 Å². The van der Waals surface area contributed by atoms with Crippen molar-refractivity contribution in [2.45, 2.75) is 64.0 Å². The molecular weight excluding hydrogens is 474 g/mol. The van der Waals surface area contributed by atoms with E-state index in [-0.39, 0.29) is 31.6 Å². The van der Waals surface area contributed by atoms with Crippen LogP contribution < -0.4 is 16.4 Å². The summed E-state index contributed by atoms with van der Waals surface area (Å²) in [4.78, 5) is 60.9. The number of carboxylic acids is 2. The third-order valence-electron chi connectivity index (χ3n) is 5.56. The van der Waals surface area contributed by atoms with Crippen LogP contribution >= 0.6 is 11.3 Å². The van der Waals surface area contributed by atoms with Crippen molar-refractivity contribution in [1.29, 1.82) is 0 Å². The Labute approximate surface area is 207 Å².